The summed E-state index contributed by atoms with van der Waals surface area (Å²) in [4.78, 5) is 20.1. The zero-order valence-electron chi connectivity index (χ0n) is 11.2. The van der Waals surface area contributed by atoms with Gasteiger partial charge in [0.15, 0.2) is 0 Å². The van der Waals surface area contributed by atoms with Crippen LogP contribution in [0.4, 0.5) is 0 Å². The van der Waals surface area contributed by atoms with E-state index in [9.17, 15) is 4.79 Å². The Morgan fingerprint density at radius 3 is 2.67 bits per heavy atom. The molecule has 1 aromatic rings. The van der Waals surface area contributed by atoms with Crippen molar-refractivity contribution in [2.45, 2.75) is 13.3 Å². The molecule has 0 spiro atoms. The van der Waals surface area contributed by atoms with Crippen molar-refractivity contribution in [1.82, 2.24) is 14.8 Å². The van der Waals surface area contributed by atoms with E-state index in [2.05, 4.69) is 9.88 Å². The summed E-state index contributed by atoms with van der Waals surface area (Å²) in [7, 11) is 4.05. The van der Waals surface area contributed by atoms with Gasteiger partial charge < -0.3 is 9.80 Å². The van der Waals surface area contributed by atoms with E-state index in [4.69, 9.17) is 11.6 Å². The van der Waals surface area contributed by atoms with Crippen LogP contribution in [0.3, 0.4) is 0 Å². The maximum Gasteiger partial charge on any atom is 0.256 e. The van der Waals surface area contributed by atoms with Gasteiger partial charge in [0.2, 0.25) is 0 Å². The summed E-state index contributed by atoms with van der Waals surface area (Å²) in [5.41, 5.74) is 0.478. The van der Waals surface area contributed by atoms with Crippen molar-refractivity contribution < 1.29 is 4.79 Å². The van der Waals surface area contributed by atoms with Crippen molar-refractivity contribution in [2.75, 3.05) is 33.7 Å². The summed E-state index contributed by atoms with van der Waals surface area (Å²) in [6.45, 7) is 4.35. The summed E-state index contributed by atoms with van der Waals surface area (Å²) in [5.74, 6) is -0.0469. The van der Waals surface area contributed by atoms with Gasteiger partial charge in [-0.3, -0.25) is 9.78 Å². The molecule has 1 heterocycles. The Hall–Kier alpha value is -1.13. The van der Waals surface area contributed by atoms with Crippen molar-refractivity contribution in [3.63, 3.8) is 0 Å². The highest BCUT2D eigenvalue weighted by Crippen LogP contribution is 2.15. The topological polar surface area (TPSA) is 36.4 Å². The zero-order chi connectivity index (χ0) is 13.5. The number of carbonyl (C=O) groups excluding carboxylic acids is 1. The fourth-order valence-electron chi connectivity index (χ4n) is 1.69. The summed E-state index contributed by atoms with van der Waals surface area (Å²) < 4.78 is 0. The molecule has 0 saturated carbocycles. The lowest BCUT2D eigenvalue weighted by molar-refractivity contribution is 0.0759. The Morgan fingerprint density at radius 1 is 1.39 bits per heavy atom. The Bertz CT molecular complexity index is 396. The molecule has 0 aliphatic carbocycles. The van der Waals surface area contributed by atoms with Crippen molar-refractivity contribution in [2.24, 2.45) is 0 Å². The average molecular weight is 270 g/mol. The predicted molar refractivity (Wildman–Crippen MR) is 74.0 cm³/mol. The summed E-state index contributed by atoms with van der Waals surface area (Å²) in [6, 6.07) is 1.64. The maximum absolute atomic E-state index is 12.3. The van der Waals surface area contributed by atoms with Gasteiger partial charge in [0.25, 0.3) is 5.91 Å². The van der Waals surface area contributed by atoms with Crippen LogP contribution < -0.4 is 0 Å². The van der Waals surface area contributed by atoms with Crippen LogP contribution in [-0.2, 0) is 0 Å². The monoisotopic (exact) mass is 269 g/mol. The first-order chi connectivity index (χ1) is 8.56. The van der Waals surface area contributed by atoms with Gasteiger partial charge >= 0.3 is 0 Å². The zero-order valence-corrected chi connectivity index (χ0v) is 11.9. The molecule has 4 nitrogen and oxygen atoms in total. The second-order valence-corrected chi connectivity index (χ2v) is 4.80. The lowest BCUT2D eigenvalue weighted by Gasteiger charge is -2.22. The molecule has 0 atom stereocenters. The van der Waals surface area contributed by atoms with Gasteiger partial charge in [-0.15, -0.1) is 0 Å². The molecule has 0 aromatic carbocycles. The minimum atomic E-state index is -0.0469. The van der Waals surface area contributed by atoms with Gasteiger partial charge in [-0.2, -0.15) is 0 Å². The second kappa shape index (κ2) is 7.34. The fraction of sp³-hybridized carbons (Fsp3) is 0.538. The summed E-state index contributed by atoms with van der Waals surface area (Å²) in [5, 5.41) is 0.459. The number of aromatic nitrogens is 1. The molecule has 1 aromatic heterocycles. The molecule has 0 unspecified atom stereocenters. The lowest BCUT2D eigenvalue weighted by atomic mass is 10.2. The first-order valence-electron chi connectivity index (χ1n) is 6.09. The predicted octanol–water partition coefficient (Wildman–Crippen LogP) is 2.15. The standard InChI is InChI=1S/C13H20ClN3O/c1-4-17(9-5-8-16(2)3)13(18)11-10-15-7-6-12(11)14/h6-7,10H,4-5,8-9H2,1-3H3. The van der Waals surface area contributed by atoms with Gasteiger partial charge in [0.1, 0.15) is 0 Å². The quantitative estimate of drug-likeness (QED) is 0.794. The van der Waals surface area contributed by atoms with Gasteiger partial charge in [-0.1, -0.05) is 11.6 Å². The highest BCUT2D eigenvalue weighted by atomic mass is 35.5. The Morgan fingerprint density at radius 2 is 2.11 bits per heavy atom. The highest BCUT2D eigenvalue weighted by molar-refractivity contribution is 6.33. The normalized spacial score (nSPS) is 10.7. The molecule has 0 fully saturated rings. The number of halogens is 1. The number of amides is 1. The molecule has 0 radical (unpaired) electrons. The Kier molecular flexibility index (Phi) is 6.09. The van der Waals surface area contributed by atoms with Crippen LogP contribution in [0.15, 0.2) is 18.5 Å². The SMILES string of the molecule is CCN(CCCN(C)C)C(=O)c1cnccc1Cl. The summed E-state index contributed by atoms with van der Waals surface area (Å²) in [6.07, 6.45) is 4.06. The van der Waals surface area contributed by atoms with Gasteiger partial charge in [0, 0.05) is 25.5 Å². The Balaban J connectivity index is 2.65. The smallest absolute Gasteiger partial charge is 0.256 e. The average Bonchev–Trinajstić information content (AvgIpc) is 2.34. The van der Waals surface area contributed by atoms with E-state index in [1.165, 1.54) is 6.20 Å². The Labute approximate surface area is 114 Å². The number of pyridine rings is 1. The number of nitrogens with zero attached hydrogens (tertiary/aromatic N) is 3. The van der Waals surface area contributed by atoms with E-state index >= 15 is 0 Å². The van der Waals surface area contributed by atoms with Gasteiger partial charge in [0.05, 0.1) is 10.6 Å². The van der Waals surface area contributed by atoms with Crippen LogP contribution in [0.1, 0.15) is 23.7 Å². The lowest BCUT2D eigenvalue weighted by Crippen LogP contribution is -2.33. The molecule has 0 aliphatic rings. The molecule has 0 aliphatic heterocycles. The molecule has 100 valence electrons. The minimum Gasteiger partial charge on any atom is -0.339 e. The van der Waals surface area contributed by atoms with Crippen LogP contribution in [-0.4, -0.2) is 54.4 Å². The number of hydrogen-bond donors (Lipinski definition) is 0. The molecular formula is C13H20ClN3O. The van der Waals surface area contributed by atoms with Gasteiger partial charge in [-0.05, 0) is 40.1 Å². The first kappa shape index (κ1) is 14.9. The molecule has 1 amide bonds. The van der Waals surface area contributed by atoms with Crippen molar-refractivity contribution in [1.29, 1.82) is 0 Å². The van der Waals surface area contributed by atoms with Crippen LogP contribution in [0.5, 0.6) is 0 Å². The van der Waals surface area contributed by atoms with Crippen molar-refractivity contribution >= 4 is 17.5 Å². The molecule has 1 rings (SSSR count). The largest absolute Gasteiger partial charge is 0.339 e. The van der Waals surface area contributed by atoms with Crippen molar-refractivity contribution in [3.05, 3.63) is 29.0 Å². The fourth-order valence-corrected chi connectivity index (χ4v) is 1.87. The van der Waals surface area contributed by atoms with E-state index < -0.39 is 0 Å². The first-order valence-corrected chi connectivity index (χ1v) is 6.47. The molecule has 18 heavy (non-hydrogen) atoms. The maximum atomic E-state index is 12.3. The number of rotatable bonds is 6. The van der Waals surface area contributed by atoms with E-state index in [-0.39, 0.29) is 5.91 Å². The summed E-state index contributed by atoms with van der Waals surface area (Å²) >= 11 is 6.01. The minimum absolute atomic E-state index is 0.0469. The third kappa shape index (κ3) is 4.27. The van der Waals surface area contributed by atoms with Crippen molar-refractivity contribution in [3.8, 4) is 0 Å². The third-order valence-electron chi connectivity index (χ3n) is 2.70. The second-order valence-electron chi connectivity index (χ2n) is 4.40. The van der Waals surface area contributed by atoms with Crippen LogP contribution in [0, 0.1) is 0 Å². The highest BCUT2D eigenvalue weighted by Gasteiger charge is 2.16. The molecule has 5 heteroatoms. The molecule has 0 saturated heterocycles. The van der Waals surface area contributed by atoms with E-state index in [1.807, 2.05) is 21.0 Å². The third-order valence-corrected chi connectivity index (χ3v) is 3.03. The van der Waals surface area contributed by atoms with Crippen LogP contribution >= 0.6 is 11.6 Å². The van der Waals surface area contributed by atoms with E-state index in [0.29, 0.717) is 17.1 Å². The molecule has 0 N–H and O–H groups in total. The molecular weight excluding hydrogens is 250 g/mol. The number of carbonyl (C=O) groups is 1. The van der Waals surface area contributed by atoms with E-state index in [0.717, 1.165) is 19.5 Å². The van der Waals surface area contributed by atoms with Crippen LogP contribution in [0.2, 0.25) is 5.02 Å². The van der Waals surface area contributed by atoms with E-state index in [1.54, 1.807) is 17.2 Å². The van der Waals surface area contributed by atoms with Gasteiger partial charge in [-0.25, -0.2) is 0 Å². The molecule has 0 bridgehead atoms. The number of hydrogen-bond acceptors (Lipinski definition) is 3. The van der Waals surface area contributed by atoms with Crippen LogP contribution in [0.25, 0.3) is 0 Å².